The number of hydrogen-bond acceptors (Lipinski definition) is 3. The molecule has 1 amide bonds. The molecule has 0 aromatic rings. The number of hydrogen-bond donors (Lipinski definition) is 2. The van der Waals surface area contributed by atoms with Crippen molar-refractivity contribution in [3.8, 4) is 0 Å². The number of likely N-dealkylation sites (tertiary alicyclic amines) is 1. The van der Waals surface area contributed by atoms with Crippen LogP contribution in [0, 0.1) is 16.7 Å². The van der Waals surface area contributed by atoms with Gasteiger partial charge in [0.1, 0.15) is 0 Å². The van der Waals surface area contributed by atoms with E-state index in [2.05, 4.69) is 27.7 Å². The Morgan fingerprint density at radius 1 is 1.06 bits per heavy atom. The van der Waals surface area contributed by atoms with Gasteiger partial charge in [-0.25, -0.2) is 0 Å². The molecule has 1 saturated heterocycles. The Kier molecular flexibility index (Phi) is 2.37. The highest BCUT2D eigenvalue weighted by molar-refractivity contribution is 5.84. The van der Waals surface area contributed by atoms with Crippen molar-refractivity contribution in [3.63, 3.8) is 0 Å². The third-order valence-corrected chi connectivity index (χ3v) is 4.84. The largest absolute Gasteiger partial charge is 0.388 e. The van der Waals surface area contributed by atoms with E-state index >= 15 is 0 Å². The lowest BCUT2D eigenvalue weighted by Gasteiger charge is -2.16. The molecule has 2 fully saturated rings. The van der Waals surface area contributed by atoms with Crippen LogP contribution in [0.5, 0.6) is 0 Å². The Balaban J connectivity index is 2.07. The van der Waals surface area contributed by atoms with Crippen LogP contribution in [-0.4, -0.2) is 46.3 Å². The lowest BCUT2D eigenvalue weighted by atomic mass is 10.0. The van der Waals surface area contributed by atoms with Crippen molar-refractivity contribution < 1.29 is 15.0 Å². The minimum Gasteiger partial charge on any atom is -0.388 e. The first-order chi connectivity index (χ1) is 7.19. The van der Waals surface area contributed by atoms with E-state index in [0.29, 0.717) is 0 Å². The minimum atomic E-state index is -0.783. The molecular formula is C12H21NO3. The molecule has 1 aliphatic carbocycles. The molecule has 0 bridgehead atoms. The van der Waals surface area contributed by atoms with Gasteiger partial charge in [-0.05, 0) is 10.8 Å². The van der Waals surface area contributed by atoms with Gasteiger partial charge in [0.25, 0.3) is 0 Å². The zero-order chi connectivity index (χ0) is 12.3. The average Bonchev–Trinajstić information content (AvgIpc) is 2.39. The van der Waals surface area contributed by atoms with Crippen molar-refractivity contribution in [2.75, 3.05) is 13.1 Å². The number of amides is 1. The van der Waals surface area contributed by atoms with Gasteiger partial charge in [-0.15, -0.1) is 0 Å². The first kappa shape index (κ1) is 11.9. The molecule has 0 radical (unpaired) electrons. The third kappa shape index (κ3) is 1.39. The van der Waals surface area contributed by atoms with Gasteiger partial charge in [-0.1, -0.05) is 27.7 Å². The Hall–Kier alpha value is -0.610. The van der Waals surface area contributed by atoms with Gasteiger partial charge in [0.05, 0.1) is 12.2 Å². The van der Waals surface area contributed by atoms with Gasteiger partial charge in [0, 0.05) is 19.0 Å². The number of β-amino-alcohol motifs (C(OH)–C–C–N with tert-alkyl or cyclic N) is 2. The summed E-state index contributed by atoms with van der Waals surface area (Å²) in [6.07, 6.45) is -1.57. The number of nitrogens with zero attached hydrogens (tertiary/aromatic N) is 1. The predicted molar refractivity (Wildman–Crippen MR) is 59.6 cm³/mol. The summed E-state index contributed by atoms with van der Waals surface area (Å²) < 4.78 is 0. The molecule has 92 valence electrons. The summed E-state index contributed by atoms with van der Waals surface area (Å²) in [5, 5.41) is 18.9. The van der Waals surface area contributed by atoms with E-state index in [0.717, 1.165) is 0 Å². The first-order valence-corrected chi connectivity index (χ1v) is 5.84. The van der Waals surface area contributed by atoms with E-state index in [1.165, 1.54) is 0 Å². The maximum atomic E-state index is 12.2. The Labute approximate surface area is 96.3 Å². The van der Waals surface area contributed by atoms with Crippen LogP contribution in [0.15, 0.2) is 0 Å². The zero-order valence-corrected chi connectivity index (χ0v) is 10.4. The fourth-order valence-corrected chi connectivity index (χ4v) is 2.95. The Morgan fingerprint density at radius 3 is 1.75 bits per heavy atom. The van der Waals surface area contributed by atoms with Crippen molar-refractivity contribution >= 4 is 5.91 Å². The molecule has 0 spiro atoms. The first-order valence-electron chi connectivity index (χ1n) is 5.84. The molecule has 2 aliphatic rings. The second-order valence-electron chi connectivity index (χ2n) is 6.25. The minimum absolute atomic E-state index is 0.0116. The highest BCUT2D eigenvalue weighted by Crippen LogP contribution is 2.68. The molecule has 2 atom stereocenters. The van der Waals surface area contributed by atoms with Gasteiger partial charge in [0.15, 0.2) is 0 Å². The normalized spacial score (nSPS) is 36.5. The second kappa shape index (κ2) is 3.20. The van der Waals surface area contributed by atoms with Gasteiger partial charge in [-0.3, -0.25) is 4.79 Å². The molecule has 0 aromatic carbocycles. The molecule has 4 heteroatoms. The van der Waals surface area contributed by atoms with Crippen LogP contribution in [0.4, 0.5) is 0 Å². The summed E-state index contributed by atoms with van der Waals surface area (Å²) in [6.45, 7) is 8.92. The molecule has 1 aliphatic heterocycles. The SMILES string of the molecule is CC1(C)C(C(=O)N2C[C@@H](O)[C@@H](O)C2)C1(C)C. The van der Waals surface area contributed by atoms with Crippen LogP contribution in [0.1, 0.15) is 27.7 Å². The molecule has 16 heavy (non-hydrogen) atoms. The number of carbonyl (C=O) groups is 1. The van der Waals surface area contributed by atoms with E-state index in [1.54, 1.807) is 4.90 Å². The number of rotatable bonds is 1. The molecule has 1 saturated carbocycles. The van der Waals surface area contributed by atoms with Crippen molar-refractivity contribution in [1.29, 1.82) is 0 Å². The van der Waals surface area contributed by atoms with Crippen LogP contribution >= 0.6 is 0 Å². The molecule has 0 unspecified atom stereocenters. The zero-order valence-electron chi connectivity index (χ0n) is 10.4. The van der Waals surface area contributed by atoms with E-state index in [1.807, 2.05) is 0 Å². The second-order valence-corrected chi connectivity index (χ2v) is 6.25. The molecule has 0 aromatic heterocycles. The fraction of sp³-hybridized carbons (Fsp3) is 0.917. The molecule has 2 N–H and O–H groups in total. The van der Waals surface area contributed by atoms with Gasteiger partial charge < -0.3 is 15.1 Å². The van der Waals surface area contributed by atoms with Crippen molar-refractivity contribution in [2.45, 2.75) is 39.9 Å². The lowest BCUT2D eigenvalue weighted by Crippen LogP contribution is -2.32. The Bertz CT molecular complexity index is 300. The van der Waals surface area contributed by atoms with E-state index in [9.17, 15) is 15.0 Å². The highest BCUT2D eigenvalue weighted by Gasteiger charge is 2.69. The van der Waals surface area contributed by atoms with E-state index in [-0.39, 0.29) is 35.7 Å². The fourth-order valence-electron chi connectivity index (χ4n) is 2.95. The molecule has 2 rings (SSSR count). The monoisotopic (exact) mass is 227 g/mol. The highest BCUT2D eigenvalue weighted by atomic mass is 16.3. The van der Waals surface area contributed by atoms with Crippen molar-refractivity contribution in [1.82, 2.24) is 4.90 Å². The van der Waals surface area contributed by atoms with Gasteiger partial charge in [-0.2, -0.15) is 0 Å². The predicted octanol–water partition coefficient (Wildman–Crippen LogP) is 0.233. The van der Waals surface area contributed by atoms with Crippen molar-refractivity contribution in [2.24, 2.45) is 16.7 Å². The summed E-state index contributed by atoms with van der Waals surface area (Å²) in [4.78, 5) is 13.8. The smallest absolute Gasteiger partial charge is 0.226 e. The lowest BCUT2D eigenvalue weighted by molar-refractivity contribution is -0.133. The summed E-state index contributed by atoms with van der Waals surface area (Å²) in [7, 11) is 0. The summed E-state index contributed by atoms with van der Waals surface area (Å²) in [5.41, 5.74) is 0.0329. The van der Waals surface area contributed by atoms with E-state index in [4.69, 9.17) is 0 Å². The Morgan fingerprint density at radius 2 is 1.44 bits per heavy atom. The number of aliphatic hydroxyl groups is 2. The van der Waals surface area contributed by atoms with Crippen molar-refractivity contribution in [3.05, 3.63) is 0 Å². The average molecular weight is 227 g/mol. The third-order valence-electron chi connectivity index (χ3n) is 4.84. The number of carbonyl (C=O) groups excluding carboxylic acids is 1. The van der Waals surface area contributed by atoms with E-state index < -0.39 is 12.2 Å². The van der Waals surface area contributed by atoms with Gasteiger partial charge in [0.2, 0.25) is 5.91 Å². The van der Waals surface area contributed by atoms with Crippen LogP contribution < -0.4 is 0 Å². The van der Waals surface area contributed by atoms with Gasteiger partial charge >= 0.3 is 0 Å². The molecule has 1 heterocycles. The molecule has 4 nitrogen and oxygen atoms in total. The standard InChI is InChI=1S/C12H21NO3/c1-11(2)9(12(11,3)4)10(16)13-5-7(14)8(15)6-13/h7-9,14-15H,5-6H2,1-4H3/t7-,8+. The number of aliphatic hydroxyl groups excluding tert-OH is 2. The van der Waals surface area contributed by atoms with Crippen LogP contribution in [-0.2, 0) is 4.79 Å². The van der Waals surface area contributed by atoms with Crippen LogP contribution in [0.3, 0.4) is 0 Å². The summed E-state index contributed by atoms with van der Waals surface area (Å²) in [6, 6.07) is 0. The summed E-state index contributed by atoms with van der Waals surface area (Å²) >= 11 is 0. The van der Waals surface area contributed by atoms with Crippen LogP contribution in [0.2, 0.25) is 0 Å². The quantitative estimate of drug-likeness (QED) is 0.674. The topological polar surface area (TPSA) is 60.8 Å². The maximum Gasteiger partial charge on any atom is 0.226 e. The summed E-state index contributed by atoms with van der Waals surface area (Å²) in [5.74, 6) is 0.0862. The molecular weight excluding hydrogens is 206 g/mol. The maximum absolute atomic E-state index is 12.2. The van der Waals surface area contributed by atoms with Crippen LogP contribution in [0.25, 0.3) is 0 Å².